The standard InChI is InChI=1S/C12H27N3/c1-6-10(7-2)15(5)9-8-12(3,4)11(13)14/h10H,6-9H2,1-5H3,(H3,13,14). The van der Waals surface area contributed by atoms with Crippen LogP contribution in [0, 0.1) is 10.8 Å². The van der Waals surface area contributed by atoms with Crippen LogP contribution in [0.15, 0.2) is 0 Å². The molecule has 3 heteroatoms. The number of nitrogens with two attached hydrogens (primary N) is 1. The third-order valence-corrected chi connectivity index (χ3v) is 3.38. The summed E-state index contributed by atoms with van der Waals surface area (Å²) < 4.78 is 0. The minimum absolute atomic E-state index is 0.166. The minimum Gasteiger partial charge on any atom is -0.387 e. The maximum Gasteiger partial charge on any atom is 0.0963 e. The van der Waals surface area contributed by atoms with Gasteiger partial charge in [0.25, 0.3) is 0 Å². The number of amidine groups is 1. The fourth-order valence-electron chi connectivity index (χ4n) is 1.69. The van der Waals surface area contributed by atoms with Crippen molar-refractivity contribution in [3.05, 3.63) is 0 Å². The van der Waals surface area contributed by atoms with Crippen LogP contribution >= 0.6 is 0 Å². The molecule has 0 amide bonds. The summed E-state index contributed by atoms with van der Waals surface area (Å²) in [5, 5.41) is 7.50. The second-order valence-electron chi connectivity index (χ2n) is 5.00. The first-order chi connectivity index (χ1) is 6.85. The quantitative estimate of drug-likeness (QED) is 0.504. The average Bonchev–Trinajstić information content (AvgIpc) is 2.16. The van der Waals surface area contributed by atoms with Crippen molar-refractivity contribution >= 4 is 5.84 Å². The zero-order valence-corrected chi connectivity index (χ0v) is 10.9. The molecule has 0 bridgehead atoms. The van der Waals surface area contributed by atoms with Crippen LogP contribution in [0.5, 0.6) is 0 Å². The fourth-order valence-corrected chi connectivity index (χ4v) is 1.69. The highest BCUT2D eigenvalue weighted by Crippen LogP contribution is 2.20. The molecule has 0 heterocycles. The Bertz CT molecular complexity index is 195. The van der Waals surface area contributed by atoms with Crippen molar-refractivity contribution in [1.29, 1.82) is 5.41 Å². The van der Waals surface area contributed by atoms with E-state index < -0.39 is 0 Å². The number of hydrogen-bond acceptors (Lipinski definition) is 2. The zero-order chi connectivity index (χ0) is 12.1. The molecule has 0 fully saturated rings. The molecular formula is C12H27N3. The monoisotopic (exact) mass is 213 g/mol. The first-order valence-electron chi connectivity index (χ1n) is 5.89. The van der Waals surface area contributed by atoms with Gasteiger partial charge in [0.1, 0.15) is 0 Å². The van der Waals surface area contributed by atoms with E-state index in [2.05, 4.69) is 25.8 Å². The van der Waals surface area contributed by atoms with Crippen molar-refractivity contribution in [3.8, 4) is 0 Å². The molecule has 0 aliphatic carbocycles. The second kappa shape index (κ2) is 6.11. The molecule has 0 aliphatic heterocycles. The van der Waals surface area contributed by atoms with Crippen molar-refractivity contribution in [1.82, 2.24) is 4.90 Å². The molecule has 0 aliphatic rings. The Kier molecular flexibility index (Phi) is 5.88. The molecule has 0 aromatic carbocycles. The first-order valence-corrected chi connectivity index (χ1v) is 5.89. The van der Waals surface area contributed by atoms with E-state index >= 15 is 0 Å². The van der Waals surface area contributed by atoms with E-state index in [1.165, 1.54) is 12.8 Å². The van der Waals surface area contributed by atoms with Crippen LogP contribution in [0.3, 0.4) is 0 Å². The van der Waals surface area contributed by atoms with Gasteiger partial charge in [0, 0.05) is 11.5 Å². The summed E-state index contributed by atoms with van der Waals surface area (Å²) in [6.45, 7) is 9.53. The molecule has 0 rings (SSSR count). The lowest BCUT2D eigenvalue weighted by atomic mass is 9.87. The van der Waals surface area contributed by atoms with E-state index in [0.717, 1.165) is 13.0 Å². The minimum atomic E-state index is -0.166. The first kappa shape index (κ1) is 14.4. The van der Waals surface area contributed by atoms with Gasteiger partial charge in [-0.25, -0.2) is 0 Å². The average molecular weight is 213 g/mol. The summed E-state index contributed by atoms with van der Waals surface area (Å²) >= 11 is 0. The van der Waals surface area contributed by atoms with Crippen LogP contribution in [-0.2, 0) is 0 Å². The molecule has 0 aromatic rings. The van der Waals surface area contributed by atoms with Gasteiger partial charge in [0.15, 0.2) is 0 Å². The molecule has 3 nitrogen and oxygen atoms in total. The molecule has 0 radical (unpaired) electrons. The molecule has 3 N–H and O–H groups in total. The van der Waals surface area contributed by atoms with Crippen LogP contribution in [0.2, 0.25) is 0 Å². The Balaban J connectivity index is 4.09. The van der Waals surface area contributed by atoms with Gasteiger partial charge in [0.2, 0.25) is 0 Å². The van der Waals surface area contributed by atoms with E-state index in [4.69, 9.17) is 11.1 Å². The lowest BCUT2D eigenvalue weighted by molar-refractivity contribution is 0.209. The topological polar surface area (TPSA) is 53.1 Å². The highest BCUT2D eigenvalue weighted by Gasteiger charge is 2.22. The molecule has 0 atom stereocenters. The van der Waals surface area contributed by atoms with Crippen LogP contribution in [-0.4, -0.2) is 30.4 Å². The Morgan fingerprint density at radius 1 is 1.33 bits per heavy atom. The molecular weight excluding hydrogens is 186 g/mol. The summed E-state index contributed by atoms with van der Waals surface area (Å²) in [4.78, 5) is 2.38. The molecule has 0 spiro atoms. The van der Waals surface area contributed by atoms with E-state index in [9.17, 15) is 0 Å². The molecule has 0 saturated heterocycles. The Morgan fingerprint density at radius 3 is 2.13 bits per heavy atom. The third-order valence-electron chi connectivity index (χ3n) is 3.38. The smallest absolute Gasteiger partial charge is 0.0963 e. The van der Waals surface area contributed by atoms with Crippen molar-refractivity contribution in [2.45, 2.75) is 53.0 Å². The summed E-state index contributed by atoms with van der Waals surface area (Å²) in [7, 11) is 2.16. The maximum atomic E-state index is 7.50. The van der Waals surface area contributed by atoms with Gasteiger partial charge >= 0.3 is 0 Å². The van der Waals surface area contributed by atoms with Crippen LogP contribution in [0.1, 0.15) is 47.0 Å². The highest BCUT2D eigenvalue weighted by molar-refractivity contribution is 5.82. The molecule has 0 saturated carbocycles. The third kappa shape index (κ3) is 4.65. The van der Waals surface area contributed by atoms with Gasteiger partial charge < -0.3 is 10.6 Å². The summed E-state index contributed by atoms with van der Waals surface area (Å²) in [6, 6.07) is 0.660. The van der Waals surface area contributed by atoms with E-state index in [1.807, 2.05) is 13.8 Å². The van der Waals surface area contributed by atoms with Gasteiger partial charge in [-0.3, -0.25) is 5.41 Å². The fraction of sp³-hybridized carbons (Fsp3) is 0.917. The Hall–Kier alpha value is -0.570. The van der Waals surface area contributed by atoms with E-state index in [1.54, 1.807) is 0 Å². The van der Waals surface area contributed by atoms with Crippen LogP contribution in [0.4, 0.5) is 0 Å². The maximum absolute atomic E-state index is 7.50. The Labute approximate surface area is 94.5 Å². The summed E-state index contributed by atoms with van der Waals surface area (Å²) in [5.74, 6) is 0.292. The van der Waals surface area contributed by atoms with Gasteiger partial charge in [-0.2, -0.15) is 0 Å². The summed E-state index contributed by atoms with van der Waals surface area (Å²) in [5.41, 5.74) is 5.40. The van der Waals surface area contributed by atoms with E-state index in [-0.39, 0.29) is 5.41 Å². The Morgan fingerprint density at radius 2 is 1.80 bits per heavy atom. The van der Waals surface area contributed by atoms with E-state index in [0.29, 0.717) is 11.9 Å². The number of hydrogen-bond donors (Lipinski definition) is 2. The molecule has 0 unspecified atom stereocenters. The number of nitrogens with one attached hydrogen (secondary N) is 1. The van der Waals surface area contributed by atoms with Gasteiger partial charge in [0.05, 0.1) is 5.84 Å². The van der Waals surface area contributed by atoms with Gasteiger partial charge in [-0.15, -0.1) is 0 Å². The van der Waals surface area contributed by atoms with Gasteiger partial charge in [-0.05, 0) is 32.9 Å². The number of nitrogens with zero attached hydrogens (tertiary/aromatic N) is 1. The molecule has 15 heavy (non-hydrogen) atoms. The number of rotatable bonds is 7. The lowest BCUT2D eigenvalue weighted by Gasteiger charge is -2.30. The second-order valence-corrected chi connectivity index (χ2v) is 5.00. The predicted octanol–water partition coefficient (Wildman–Crippen LogP) is 2.46. The largest absolute Gasteiger partial charge is 0.387 e. The van der Waals surface area contributed by atoms with Gasteiger partial charge in [-0.1, -0.05) is 27.7 Å². The molecule has 90 valence electrons. The van der Waals surface area contributed by atoms with Crippen molar-refractivity contribution in [2.24, 2.45) is 11.1 Å². The normalized spacial score (nSPS) is 12.5. The predicted molar refractivity (Wildman–Crippen MR) is 67.3 cm³/mol. The van der Waals surface area contributed by atoms with Crippen molar-refractivity contribution < 1.29 is 0 Å². The molecule has 0 aromatic heterocycles. The van der Waals surface area contributed by atoms with Crippen LogP contribution < -0.4 is 5.73 Å². The SMILES string of the molecule is CCC(CC)N(C)CCC(C)(C)C(=N)N. The highest BCUT2D eigenvalue weighted by atomic mass is 15.1. The lowest BCUT2D eigenvalue weighted by Crippen LogP contribution is -2.37. The zero-order valence-electron chi connectivity index (χ0n) is 10.9. The van der Waals surface area contributed by atoms with Crippen molar-refractivity contribution in [2.75, 3.05) is 13.6 Å². The van der Waals surface area contributed by atoms with Crippen molar-refractivity contribution in [3.63, 3.8) is 0 Å². The summed E-state index contributed by atoms with van der Waals surface area (Å²) in [6.07, 6.45) is 3.33. The van der Waals surface area contributed by atoms with Crippen LogP contribution in [0.25, 0.3) is 0 Å².